The molecule has 2 amide bonds. The molecule has 0 aliphatic rings. The molecule has 28 heavy (non-hydrogen) atoms. The Morgan fingerprint density at radius 3 is 2.36 bits per heavy atom. The highest BCUT2D eigenvalue weighted by Crippen LogP contribution is 2.16. The minimum absolute atomic E-state index is 0.148. The average Bonchev–Trinajstić information content (AvgIpc) is 2.70. The van der Waals surface area contributed by atoms with Crippen LogP contribution in [0.2, 0.25) is 0 Å². The zero-order chi connectivity index (χ0) is 20.5. The molecule has 0 bridgehead atoms. The maximum atomic E-state index is 11.9. The van der Waals surface area contributed by atoms with Crippen LogP contribution in [-0.2, 0) is 14.3 Å². The van der Waals surface area contributed by atoms with Crippen LogP contribution in [-0.4, -0.2) is 50.0 Å². The van der Waals surface area contributed by atoms with Gasteiger partial charge in [-0.1, -0.05) is 12.1 Å². The first-order chi connectivity index (χ1) is 13.4. The Morgan fingerprint density at radius 2 is 1.71 bits per heavy atom. The van der Waals surface area contributed by atoms with Gasteiger partial charge in [-0.05, 0) is 36.4 Å². The molecule has 0 saturated heterocycles. The number of hydrogen-bond donors (Lipinski definition) is 1. The average molecular weight is 381 g/mol. The fraction of sp³-hybridized carbons (Fsp3) is 0.200. The van der Waals surface area contributed by atoms with Crippen LogP contribution in [0.4, 0.5) is 5.69 Å². The normalized spacial score (nSPS) is 9.75. The lowest BCUT2D eigenvalue weighted by molar-refractivity contribution is -0.149. The largest absolute Gasteiger partial charge is 0.481 e. The quantitative estimate of drug-likeness (QED) is 0.733. The first-order valence-electron chi connectivity index (χ1n) is 8.30. The summed E-state index contributed by atoms with van der Waals surface area (Å²) in [6.45, 7) is -0.909. The van der Waals surface area contributed by atoms with Crippen LogP contribution < -0.4 is 10.1 Å². The van der Waals surface area contributed by atoms with Crippen molar-refractivity contribution >= 4 is 23.5 Å². The smallest absolute Gasteiger partial charge is 0.344 e. The molecular formula is C20H19N3O5. The maximum absolute atomic E-state index is 11.9. The summed E-state index contributed by atoms with van der Waals surface area (Å²) in [5.74, 6) is -1.16. The molecule has 0 spiro atoms. The van der Waals surface area contributed by atoms with Crippen LogP contribution in [0.5, 0.6) is 5.75 Å². The molecule has 0 heterocycles. The molecule has 1 N–H and O–H groups in total. The first kappa shape index (κ1) is 20.5. The summed E-state index contributed by atoms with van der Waals surface area (Å²) in [6, 6.07) is 14.8. The molecule has 0 fully saturated rings. The molecule has 0 saturated carbocycles. The van der Waals surface area contributed by atoms with Crippen molar-refractivity contribution in [1.82, 2.24) is 4.90 Å². The van der Waals surface area contributed by atoms with E-state index < -0.39 is 25.1 Å². The predicted molar refractivity (Wildman–Crippen MR) is 101 cm³/mol. The van der Waals surface area contributed by atoms with Crippen LogP contribution >= 0.6 is 0 Å². The summed E-state index contributed by atoms with van der Waals surface area (Å²) in [7, 11) is 3.30. The fourth-order valence-corrected chi connectivity index (χ4v) is 2.16. The van der Waals surface area contributed by atoms with Gasteiger partial charge < -0.3 is 19.7 Å². The van der Waals surface area contributed by atoms with E-state index in [9.17, 15) is 14.4 Å². The van der Waals surface area contributed by atoms with Crippen LogP contribution in [0.3, 0.4) is 0 Å². The molecule has 2 aromatic carbocycles. The molecule has 2 rings (SSSR count). The first-order valence-corrected chi connectivity index (χ1v) is 8.30. The second-order valence-corrected chi connectivity index (χ2v) is 5.88. The number of benzene rings is 2. The number of nitrogens with zero attached hydrogens (tertiary/aromatic N) is 2. The lowest BCUT2D eigenvalue weighted by atomic mass is 10.2. The molecule has 2 aromatic rings. The van der Waals surface area contributed by atoms with Gasteiger partial charge in [-0.15, -0.1) is 0 Å². The number of para-hydroxylation sites is 1. The standard InChI is InChI=1S/C20H19N3O5/c1-23(2)20(26)14-7-9-16(10-8-14)22-18(24)12-28-19(25)13-27-17-6-4-3-5-15(17)11-21/h3-10H,12-13H2,1-2H3,(H,22,24). The van der Waals surface area contributed by atoms with Crippen molar-refractivity contribution in [2.24, 2.45) is 0 Å². The molecule has 0 aromatic heterocycles. The third-order valence-corrected chi connectivity index (χ3v) is 3.54. The van der Waals surface area contributed by atoms with Crippen LogP contribution in [0, 0.1) is 11.3 Å². The minimum atomic E-state index is -0.741. The molecule has 0 aliphatic carbocycles. The van der Waals surface area contributed by atoms with Gasteiger partial charge in [0.1, 0.15) is 11.8 Å². The highest BCUT2D eigenvalue weighted by molar-refractivity contribution is 5.96. The number of rotatable bonds is 7. The van der Waals surface area contributed by atoms with Crippen molar-refractivity contribution in [2.45, 2.75) is 0 Å². The van der Waals surface area contributed by atoms with Crippen LogP contribution in [0.1, 0.15) is 15.9 Å². The molecule has 8 heteroatoms. The Labute approximate surface area is 162 Å². The predicted octanol–water partition coefficient (Wildman–Crippen LogP) is 1.82. The number of anilines is 1. The summed E-state index contributed by atoms with van der Waals surface area (Å²) >= 11 is 0. The third kappa shape index (κ3) is 5.85. The van der Waals surface area contributed by atoms with E-state index in [0.717, 1.165) is 0 Å². The Balaban J connectivity index is 1.78. The highest BCUT2D eigenvalue weighted by atomic mass is 16.6. The number of hydrogen-bond acceptors (Lipinski definition) is 6. The van der Waals surface area contributed by atoms with Crippen LogP contribution in [0.25, 0.3) is 0 Å². The summed E-state index contributed by atoms with van der Waals surface area (Å²) < 4.78 is 10.1. The van der Waals surface area contributed by atoms with Gasteiger partial charge in [-0.3, -0.25) is 9.59 Å². The van der Waals surface area contributed by atoms with E-state index >= 15 is 0 Å². The minimum Gasteiger partial charge on any atom is -0.481 e. The second-order valence-electron chi connectivity index (χ2n) is 5.88. The van der Waals surface area contributed by atoms with E-state index in [1.807, 2.05) is 6.07 Å². The Kier molecular flexibility index (Phi) is 7.11. The van der Waals surface area contributed by atoms with Gasteiger partial charge in [-0.2, -0.15) is 5.26 Å². The van der Waals surface area contributed by atoms with Crippen LogP contribution in [0.15, 0.2) is 48.5 Å². The Hall–Kier alpha value is -3.86. The van der Waals surface area contributed by atoms with E-state index in [0.29, 0.717) is 16.8 Å². The molecule has 0 atom stereocenters. The van der Waals surface area contributed by atoms with Crippen molar-refractivity contribution < 1.29 is 23.9 Å². The summed E-state index contributed by atoms with van der Waals surface area (Å²) in [4.78, 5) is 36.8. The number of nitrogens with one attached hydrogen (secondary N) is 1. The fourth-order valence-electron chi connectivity index (χ4n) is 2.16. The number of carbonyl (C=O) groups is 3. The monoisotopic (exact) mass is 381 g/mol. The summed E-state index contributed by atoms with van der Waals surface area (Å²) in [5, 5.41) is 11.5. The van der Waals surface area contributed by atoms with E-state index in [1.165, 1.54) is 4.90 Å². The van der Waals surface area contributed by atoms with Gasteiger partial charge in [-0.25, -0.2) is 4.79 Å². The van der Waals surface area contributed by atoms with Crippen molar-refractivity contribution in [1.29, 1.82) is 5.26 Å². The van der Waals surface area contributed by atoms with E-state index in [1.54, 1.807) is 62.6 Å². The molecule has 0 aliphatic heterocycles. The lowest BCUT2D eigenvalue weighted by Gasteiger charge is -2.11. The molecular weight excluding hydrogens is 362 g/mol. The van der Waals surface area contributed by atoms with Gasteiger partial charge in [0.25, 0.3) is 11.8 Å². The molecule has 8 nitrogen and oxygen atoms in total. The van der Waals surface area contributed by atoms with E-state index in [4.69, 9.17) is 14.7 Å². The summed E-state index contributed by atoms with van der Waals surface area (Å²) in [6.07, 6.45) is 0. The zero-order valence-corrected chi connectivity index (χ0v) is 15.5. The number of ether oxygens (including phenoxy) is 2. The van der Waals surface area contributed by atoms with Gasteiger partial charge >= 0.3 is 5.97 Å². The van der Waals surface area contributed by atoms with Crippen molar-refractivity contribution in [3.05, 3.63) is 59.7 Å². The lowest BCUT2D eigenvalue weighted by Crippen LogP contribution is -2.24. The van der Waals surface area contributed by atoms with Gasteiger partial charge in [0.15, 0.2) is 13.2 Å². The SMILES string of the molecule is CN(C)C(=O)c1ccc(NC(=O)COC(=O)COc2ccccc2C#N)cc1. The third-order valence-electron chi connectivity index (χ3n) is 3.54. The number of carbonyl (C=O) groups excluding carboxylic acids is 3. The second kappa shape index (κ2) is 9.73. The zero-order valence-electron chi connectivity index (χ0n) is 15.5. The number of nitriles is 1. The van der Waals surface area contributed by atoms with Gasteiger partial charge in [0, 0.05) is 25.3 Å². The van der Waals surface area contributed by atoms with Gasteiger partial charge in [0.05, 0.1) is 5.56 Å². The van der Waals surface area contributed by atoms with E-state index in [-0.39, 0.29) is 11.7 Å². The van der Waals surface area contributed by atoms with Crippen molar-refractivity contribution in [2.75, 3.05) is 32.6 Å². The highest BCUT2D eigenvalue weighted by Gasteiger charge is 2.11. The summed E-state index contributed by atoms with van der Waals surface area (Å²) in [5.41, 5.74) is 1.25. The van der Waals surface area contributed by atoms with Crippen molar-refractivity contribution in [3.63, 3.8) is 0 Å². The number of amides is 2. The maximum Gasteiger partial charge on any atom is 0.344 e. The van der Waals surface area contributed by atoms with E-state index in [2.05, 4.69) is 5.32 Å². The number of esters is 1. The Bertz CT molecular complexity index is 901. The van der Waals surface area contributed by atoms with Crippen molar-refractivity contribution in [3.8, 4) is 11.8 Å². The van der Waals surface area contributed by atoms with Gasteiger partial charge in [0.2, 0.25) is 0 Å². The Morgan fingerprint density at radius 1 is 1.04 bits per heavy atom. The molecule has 144 valence electrons. The molecule has 0 radical (unpaired) electrons. The molecule has 0 unspecified atom stereocenters. The topological polar surface area (TPSA) is 109 Å².